The number of hydrogen-bond donors (Lipinski definition) is 1. The smallest absolute Gasteiger partial charge is 0.138 e. The van der Waals surface area contributed by atoms with Crippen molar-refractivity contribution < 1.29 is 14.6 Å². The van der Waals surface area contributed by atoms with Crippen LogP contribution in [0.5, 0.6) is 5.75 Å². The van der Waals surface area contributed by atoms with Gasteiger partial charge in [-0.3, -0.25) is 0 Å². The van der Waals surface area contributed by atoms with Crippen LogP contribution < -0.4 is 4.74 Å². The number of benzene rings is 1. The lowest BCUT2D eigenvalue weighted by Crippen LogP contribution is -2.02. The molecule has 1 N–H and O–H groups in total. The highest BCUT2D eigenvalue weighted by molar-refractivity contribution is 9.10. The summed E-state index contributed by atoms with van der Waals surface area (Å²) < 4.78 is 11.2. The van der Waals surface area contributed by atoms with Crippen molar-refractivity contribution in [3.8, 4) is 5.75 Å². The van der Waals surface area contributed by atoms with Crippen LogP contribution in [0.2, 0.25) is 5.02 Å². The third kappa shape index (κ3) is 3.94. The molecule has 5 heteroatoms. The Bertz CT molecular complexity index is 344. The summed E-state index contributed by atoms with van der Waals surface area (Å²) >= 11 is 9.32. The molecule has 0 aliphatic rings. The maximum absolute atomic E-state index is 9.09. The first kappa shape index (κ1) is 13.8. The highest BCUT2D eigenvalue weighted by Crippen LogP contribution is 2.31. The minimum absolute atomic E-state index is 0.0494. The summed E-state index contributed by atoms with van der Waals surface area (Å²) in [6, 6.07) is 3.46. The third-order valence-corrected chi connectivity index (χ3v) is 3.06. The van der Waals surface area contributed by atoms with Gasteiger partial charge in [-0.1, -0.05) is 27.5 Å². The normalized spacial score (nSPS) is 10.5. The van der Waals surface area contributed by atoms with Crippen molar-refractivity contribution in [2.75, 3.05) is 20.3 Å². The molecule has 0 saturated heterocycles. The van der Waals surface area contributed by atoms with Crippen molar-refractivity contribution in [2.24, 2.45) is 0 Å². The molecule has 0 saturated carbocycles. The highest BCUT2D eigenvalue weighted by Gasteiger charge is 2.07. The molecule has 0 spiro atoms. The van der Waals surface area contributed by atoms with Crippen LogP contribution in [0.3, 0.4) is 0 Å². The summed E-state index contributed by atoms with van der Waals surface area (Å²) in [6.07, 6.45) is 0.803. The Morgan fingerprint density at radius 1 is 1.38 bits per heavy atom. The topological polar surface area (TPSA) is 38.7 Å². The molecule has 0 heterocycles. The van der Waals surface area contributed by atoms with Gasteiger partial charge in [-0.05, 0) is 17.7 Å². The number of halogens is 2. The van der Waals surface area contributed by atoms with Crippen LogP contribution in [0.4, 0.5) is 0 Å². The molecule has 0 amide bonds. The van der Waals surface area contributed by atoms with Gasteiger partial charge in [0.05, 0.1) is 18.2 Å². The van der Waals surface area contributed by atoms with Gasteiger partial charge < -0.3 is 14.6 Å². The molecule has 3 nitrogen and oxygen atoms in total. The maximum Gasteiger partial charge on any atom is 0.138 e. The van der Waals surface area contributed by atoms with E-state index in [1.165, 1.54) is 0 Å². The first-order valence-corrected chi connectivity index (χ1v) is 6.06. The second kappa shape index (κ2) is 7.12. The van der Waals surface area contributed by atoms with Gasteiger partial charge in [0.2, 0.25) is 0 Å². The Labute approximate surface area is 108 Å². The zero-order chi connectivity index (χ0) is 12.0. The van der Waals surface area contributed by atoms with Crippen molar-refractivity contribution in [3.05, 3.63) is 27.2 Å². The van der Waals surface area contributed by atoms with Gasteiger partial charge in [-0.15, -0.1) is 0 Å². The molecule has 1 aromatic carbocycles. The number of rotatable bonds is 6. The summed E-state index contributed by atoms with van der Waals surface area (Å²) in [4.78, 5) is 0. The van der Waals surface area contributed by atoms with Crippen molar-refractivity contribution in [1.82, 2.24) is 0 Å². The van der Waals surface area contributed by atoms with E-state index < -0.39 is 0 Å². The highest BCUT2D eigenvalue weighted by atomic mass is 79.9. The first-order valence-electron chi connectivity index (χ1n) is 4.89. The van der Waals surface area contributed by atoms with Crippen molar-refractivity contribution in [3.63, 3.8) is 0 Å². The minimum Gasteiger partial charge on any atom is -0.492 e. The summed E-state index contributed by atoms with van der Waals surface area (Å²) in [7, 11) is 1.65. The lowest BCUT2D eigenvalue weighted by molar-refractivity contribution is 0.172. The lowest BCUT2D eigenvalue weighted by Gasteiger charge is -2.10. The quantitative estimate of drug-likeness (QED) is 0.821. The van der Waals surface area contributed by atoms with Crippen LogP contribution in [0.25, 0.3) is 0 Å². The Kier molecular flexibility index (Phi) is 6.13. The first-order chi connectivity index (χ1) is 7.69. The van der Waals surface area contributed by atoms with E-state index in [-0.39, 0.29) is 6.61 Å². The van der Waals surface area contributed by atoms with Crippen LogP contribution in [-0.2, 0) is 11.3 Å². The van der Waals surface area contributed by atoms with Gasteiger partial charge in [-0.25, -0.2) is 0 Å². The molecule has 16 heavy (non-hydrogen) atoms. The van der Waals surface area contributed by atoms with E-state index in [1.807, 2.05) is 0 Å². The fraction of sp³-hybridized carbons (Fsp3) is 0.455. The summed E-state index contributed by atoms with van der Waals surface area (Å²) in [5, 5.41) is 9.62. The van der Waals surface area contributed by atoms with Crippen LogP contribution >= 0.6 is 27.5 Å². The largest absolute Gasteiger partial charge is 0.492 e. The Hall–Kier alpha value is -0.290. The third-order valence-electron chi connectivity index (χ3n) is 2.02. The summed E-state index contributed by atoms with van der Waals surface area (Å²) in [6.45, 7) is 1.15. The SMILES string of the molecule is COCCCOc1cc(CO)c(Br)cc1Cl. The van der Waals surface area contributed by atoms with Gasteiger partial charge in [0.15, 0.2) is 0 Å². The molecule has 0 unspecified atom stereocenters. The average molecular weight is 310 g/mol. The Balaban J connectivity index is 2.64. The molecule has 0 radical (unpaired) electrons. The van der Waals surface area contributed by atoms with Crippen molar-refractivity contribution in [1.29, 1.82) is 0 Å². The molecule has 1 aromatic rings. The molecular weight excluding hydrogens is 295 g/mol. The van der Waals surface area contributed by atoms with Crippen LogP contribution in [0, 0.1) is 0 Å². The fourth-order valence-corrected chi connectivity index (χ4v) is 2.01. The van der Waals surface area contributed by atoms with E-state index in [4.69, 9.17) is 26.2 Å². The molecule has 0 aliphatic carbocycles. The molecule has 0 aliphatic heterocycles. The fourth-order valence-electron chi connectivity index (χ4n) is 1.19. The zero-order valence-electron chi connectivity index (χ0n) is 9.00. The standard InChI is InChI=1S/C11H14BrClO3/c1-15-3-2-4-16-11-5-8(7-14)9(12)6-10(11)13/h5-6,14H,2-4,7H2,1H3. The lowest BCUT2D eigenvalue weighted by atomic mass is 10.2. The molecular formula is C11H14BrClO3. The molecule has 1 rings (SSSR count). The van der Waals surface area contributed by atoms with Crippen LogP contribution in [-0.4, -0.2) is 25.4 Å². The molecule has 0 fully saturated rings. The van der Waals surface area contributed by atoms with E-state index in [0.717, 1.165) is 16.5 Å². The minimum atomic E-state index is -0.0494. The van der Waals surface area contributed by atoms with E-state index in [1.54, 1.807) is 19.2 Å². The van der Waals surface area contributed by atoms with Crippen molar-refractivity contribution >= 4 is 27.5 Å². The predicted molar refractivity (Wildman–Crippen MR) is 67.1 cm³/mol. The number of aliphatic hydroxyl groups is 1. The predicted octanol–water partition coefficient (Wildman–Crippen LogP) is 3.01. The van der Waals surface area contributed by atoms with Crippen molar-refractivity contribution in [2.45, 2.75) is 13.0 Å². The van der Waals surface area contributed by atoms with E-state index in [2.05, 4.69) is 15.9 Å². The van der Waals surface area contributed by atoms with E-state index in [9.17, 15) is 0 Å². The average Bonchev–Trinajstić information content (AvgIpc) is 2.27. The number of aliphatic hydroxyl groups excluding tert-OH is 1. The molecule has 90 valence electrons. The zero-order valence-corrected chi connectivity index (χ0v) is 11.3. The van der Waals surface area contributed by atoms with Gasteiger partial charge in [0, 0.05) is 24.6 Å². The number of methoxy groups -OCH3 is 1. The number of hydrogen-bond acceptors (Lipinski definition) is 3. The second-order valence-electron chi connectivity index (χ2n) is 3.23. The second-order valence-corrected chi connectivity index (χ2v) is 4.49. The molecule has 0 bridgehead atoms. The van der Waals surface area contributed by atoms with Gasteiger partial charge in [-0.2, -0.15) is 0 Å². The maximum atomic E-state index is 9.09. The van der Waals surface area contributed by atoms with Crippen LogP contribution in [0.1, 0.15) is 12.0 Å². The molecule has 0 aromatic heterocycles. The number of ether oxygens (including phenoxy) is 2. The summed E-state index contributed by atoms with van der Waals surface area (Å²) in [5.41, 5.74) is 0.756. The monoisotopic (exact) mass is 308 g/mol. The van der Waals surface area contributed by atoms with E-state index in [0.29, 0.717) is 24.0 Å². The van der Waals surface area contributed by atoms with Crippen LogP contribution in [0.15, 0.2) is 16.6 Å². The van der Waals surface area contributed by atoms with Gasteiger partial charge in [0.1, 0.15) is 5.75 Å². The van der Waals surface area contributed by atoms with Gasteiger partial charge >= 0.3 is 0 Å². The Morgan fingerprint density at radius 2 is 2.12 bits per heavy atom. The van der Waals surface area contributed by atoms with Gasteiger partial charge in [0.25, 0.3) is 0 Å². The molecule has 0 atom stereocenters. The van der Waals surface area contributed by atoms with E-state index >= 15 is 0 Å². The summed E-state index contributed by atoms with van der Waals surface area (Å²) in [5.74, 6) is 0.588. The Morgan fingerprint density at radius 3 is 2.75 bits per heavy atom.